The molecule has 50 valence electrons. The van der Waals surface area contributed by atoms with E-state index in [9.17, 15) is 0 Å². The summed E-state index contributed by atoms with van der Waals surface area (Å²) in [5, 5.41) is 0. The van der Waals surface area contributed by atoms with Gasteiger partial charge in [-0.25, -0.2) is 0 Å². The molecular formula is C5H10N4. The van der Waals surface area contributed by atoms with E-state index in [0.717, 1.165) is 12.3 Å². The molecule has 1 aliphatic heterocycles. The first-order chi connectivity index (χ1) is 4.34. The molecule has 4 nitrogen and oxygen atoms in total. The Labute approximate surface area is 53.7 Å². The minimum atomic E-state index is 0.398. The molecule has 0 amide bonds. The largest absolute Gasteiger partial charge is 0.382 e. The Morgan fingerprint density at radius 2 is 2.00 bits per heavy atom. The molecule has 0 bridgehead atoms. The standard InChI is InChI=1S/C5H10N4/c6-3-4-5(7)9-2-1-8-4/h1-3,6H2,(H2,7,9). The van der Waals surface area contributed by atoms with Crippen molar-refractivity contribution >= 4 is 11.5 Å². The summed E-state index contributed by atoms with van der Waals surface area (Å²) in [5.41, 5.74) is 11.5. The van der Waals surface area contributed by atoms with Crippen LogP contribution in [0.2, 0.25) is 0 Å². The molecule has 4 heteroatoms. The highest BCUT2D eigenvalue weighted by molar-refractivity contribution is 6.41. The zero-order chi connectivity index (χ0) is 6.69. The molecule has 0 atom stereocenters. The van der Waals surface area contributed by atoms with Gasteiger partial charge in [-0.1, -0.05) is 0 Å². The van der Waals surface area contributed by atoms with Gasteiger partial charge in [0.25, 0.3) is 0 Å². The van der Waals surface area contributed by atoms with Crippen molar-refractivity contribution < 1.29 is 0 Å². The molecule has 0 aromatic heterocycles. The first kappa shape index (κ1) is 6.22. The van der Waals surface area contributed by atoms with Gasteiger partial charge in [0.2, 0.25) is 0 Å². The Balaban J connectivity index is 2.68. The van der Waals surface area contributed by atoms with Crippen LogP contribution >= 0.6 is 0 Å². The second kappa shape index (κ2) is 2.59. The van der Waals surface area contributed by atoms with Crippen molar-refractivity contribution in [2.75, 3.05) is 19.6 Å². The lowest BCUT2D eigenvalue weighted by molar-refractivity contribution is 0.953. The molecule has 0 aromatic carbocycles. The van der Waals surface area contributed by atoms with Gasteiger partial charge in [0.05, 0.1) is 18.8 Å². The van der Waals surface area contributed by atoms with E-state index in [2.05, 4.69) is 9.98 Å². The van der Waals surface area contributed by atoms with Gasteiger partial charge in [-0.15, -0.1) is 0 Å². The molecule has 0 fully saturated rings. The van der Waals surface area contributed by atoms with Crippen LogP contribution in [0, 0.1) is 0 Å². The third kappa shape index (κ3) is 1.26. The minimum Gasteiger partial charge on any atom is -0.382 e. The Bertz CT molecular complexity index is 158. The molecule has 0 saturated carbocycles. The van der Waals surface area contributed by atoms with Gasteiger partial charge in [0, 0.05) is 6.54 Å². The lowest BCUT2D eigenvalue weighted by Crippen LogP contribution is -2.33. The van der Waals surface area contributed by atoms with Crippen molar-refractivity contribution in [3.05, 3.63) is 0 Å². The summed E-state index contributed by atoms with van der Waals surface area (Å²) in [6.45, 7) is 1.83. The average molecular weight is 126 g/mol. The van der Waals surface area contributed by atoms with Crippen LogP contribution in [-0.4, -0.2) is 31.2 Å². The predicted molar refractivity (Wildman–Crippen MR) is 37.8 cm³/mol. The maximum atomic E-state index is 5.43. The van der Waals surface area contributed by atoms with Gasteiger partial charge in [-0.05, 0) is 0 Å². The van der Waals surface area contributed by atoms with E-state index in [4.69, 9.17) is 11.5 Å². The third-order valence-corrected chi connectivity index (χ3v) is 1.17. The highest BCUT2D eigenvalue weighted by atomic mass is 15.0. The summed E-state index contributed by atoms with van der Waals surface area (Å²) in [6.07, 6.45) is 0. The Morgan fingerprint density at radius 1 is 1.33 bits per heavy atom. The fraction of sp³-hybridized carbons (Fsp3) is 0.600. The summed E-state index contributed by atoms with van der Waals surface area (Å²) < 4.78 is 0. The van der Waals surface area contributed by atoms with Crippen molar-refractivity contribution in [1.82, 2.24) is 0 Å². The predicted octanol–water partition coefficient (Wildman–Crippen LogP) is -1.24. The van der Waals surface area contributed by atoms with E-state index < -0.39 is 0 Å². The van der Waals surface area contributed by atoms with Gasteiger partial charge in [0.15, 0.2) is 0 Å². The van der Waals surface area contributed by atoms with Crippen molar-refractivity contribution in [1.29, 1.82) is 0 Å². The molecule has 0 radical (unpaired) electrons. The molecular weight excluding hydrogens is 116 g/mol. The SMILES string of the molecule is NCC1=NCCN=C1N. The number of rotatable bonds is 1. The molecule has 1 rings (SSSR count). The summed E-state index contributed by atoms with van der Waals surface area (Å²) in [6, 6.07) is 0. The van der Waals surface area contributed by atoms with Crippen LogP contribution in [-0.2, 0) is 0 Å². The molecule has 1 heterocycles. The van der Waals surface area contributed by atoms with Gasteiger partial charge < -0.3 is 11.5 Å². The van der Waals surface area contributed by atoms with Gasteiger partial charge >= 0.3 is 0 Å². The number of amidine groups is 1. The van der Waals surface area contributed by atoms with E-state index >= 15 is 0 Å². The summed E-state index contributed by atoms with van der Waals surface area (Å²) in [4.78, 5) is 8.03. The maximum absolute atomic E-state index is 5.43. The van der Waals surface area contributed by atoms with Crippen molar-refractivity contribution in [3.8, 4) is 0 Å². The highest BCUT2D eigenvalue weighted by Gasteiger charge is 2.04. The third-order valence-electron chi connectivity index (χ3n) is 1.17. The zero-order valence-corrected chi connectivity index (χ0v) is 5.17. The van der Waals surface area contributed by atoms with E-state index in [-0.39, 0.29) is 0 Å². The fourth-order valence-electron chi connectivity index (χ4n) is 0.697. The van der Waals surface area contributed by atoms with Gasteiger partial charge in [-0.3, -0.25) is 9.98 Å². The van der Waals surface area contributed by atoms with E-state index in [0.29, 0.717) is 18.9 Å². The van der Waals surface area contributed by atoms with E-state index in [1.165, 1.54) is 0 Å². The van der Waals surface area contributed by atoms with Crippen LogP contribution in [0.4, 0.5) is 0 Å². The Morgan fingerprint density at radius 3 is 2.44 bits per heavy atom. The lowest BCUT2D eigenvalue weighted by atomic mass is 10.3. The Kier molecular flexibility index (Phi) is 1.79. The normalized spacial score (nSPS) is 18.8. The van der Waals surface area contributed by atoms with Crippen LogP contribution in [0.25, 0.3) is 0 Å². The number of hydrogen-bond donors (Lipinski definition) is 2. The molecule has 0 aromatic rings. The molecule has 4 N–H and O–H groups in total. The monoisotopic (exact) mass is 126 g/mol. The molecule has 0 unspecified atom stereocenters. The second-order valence-corrected chi connectivity index (χ2v) is 1.80. The molecule has 9 heavy (non-hydrogen) atoms. The fourth-order valence-corrected chi connectivity index (χ4v) is 0.697. The van der Waals surface area contributed by atoms with Crippen LogP contribution in [0.15, 0.2) is 9.98 Å². The summed E-state index contributed by atoms with van der Waals surface area (Å²) in [5.74, 6) is 0.503. The van der Waals surface area contributed by atoms with Crippen LogP contribution in [0.3, 0.4) is 0 Å². The molecule has 0 aliphatic carbocycles. The van der Waals surface area contributed by atoms with Gasteiger partial charge in [0.1, 0.15) is 5.84 Å². The van der Waals surface area contributed by atoms with Crippen molar-refractivity contribution in [3.63, 3.8) is 0 Å². The lowest BCUT2D eigenvalue weighted by Gasteiger charge is -2.06. The second-order valence-electron chi connectivity index (χ2n) is 1.80. The molecule has 0 spiro atoms. The van der Waals surface area contributed by atoms with E-state index in [1.54, 1.807) is 0 Å². The summed E-state index contributed by atoms with van der Waals surface area (Å²) in [7, 11) is 0. The maximum Gasteiger partial charge on any atom is 0.141 e. The average Bonchev–Trinajstić information content (AvgIpc) is 1.89. The summed E-state index contributed by atoms with van der Waals surface area (Å²) >= 11 is 0. The smallest absolute Gasteiger partial charge is 0.141 e. The molecule has 0 saturated heterocycles. The minimum absolute atomic E-state index is 0.398. The number of nitrogens with two attached hydrogens (primary N) is 2. The number of aliphatic imine (C=N–C) groups is 2. The van der Waals surface area contributed by atoms with Crippen molar-refractivity contribution in [2.45, 2.75) is 0 Å². The Hall–Kier alpha value is -0.900. The number of hydrogen-bond acceptors (Lipinski definition) is 4. The van der Waals surface area contributed by atoms with Crippen molar-refractivity contribution in [2.24, 2.45) is 21.5 Å². The topological polar surface area (TPSA) is 76.8 Å². The quantitative estimate of drug-likeness (QED) is 0.461. The van der Waals surface area contributed by atoms with Gasteiger partial charge in [-0.2, -0.15) is 0 Å². The first-order valence-corrected chi connectivity index (χ1v) is 2.88. The van der Waals surface area contributed by atoms with E-state index in [1.807, 2.05) is 0 Å². The zero-order valence-electron chi connectivity index (χ0n) is 5.17. The van der Waals surface area contributed by atoms with Crippen LogP contribution in [0.5, 0.6) is 0 Å². The van der Waals surface area contributed by atoms with Crippen LogP contribution in [0.1, 0.15) is 0 Å². The van der Waals surface area contributed by atoms with Crippen LogP contribution < -0.4 is 11.5 Å². The highest BCUT2D eigenvalue weighted by Crippen LogP contribution is 1.87. The first-order valence-electron chi connectivity index (χ1n) is 2.88. The number of nitrogens with zero attached hydrogens (tertiary/aromatic N) is 2. The molecule has 1 aliphatic rings.